The summed E-state index contributed by atoms with van der Waals surface area (Å²) in [6.07, 6.45) is 0.772. The lowest BCUT2D eigenvalue weighted by Crippen LogP contribution is -2.09. The van der Waals surface area contributed by atoms with Crippen molar-refractivity contribution in [3.8, 4) is 10.6 Å². The number of hydrogen-bond donors (Lipinski definition) is 1. The Morgan fingerprint density at radius 2 is 1.83 bits per heavy atom. The molecule has 0 bridgehead atoms. The van der Waals surface area contributed by atoms with Crippen LogP contribution in [0.5, 0.6) is 0 Å². The minimum atomic E-state index is 0.589. The molecule has 1 N–H and O–H groups in total. The fourth-order valence-electron chi connectivity index (χ4n) is 2.79. The lowest BCUT2D eigenvalue weighted by molar-refractivity contribution is 1.10. The van der Waals surface area contributed by atoms with Crippen molar-refractivity contribution >= 4 is 21.6 Å². The molecule has 0 saturated heterocycles. The molecular weight excluding hydrogens is 300 g/mol. The predicted molar refractivity (Wildman–Crippen MR) is 96.1 cm³/mol. The van der Waals surface area contributed by atoms with Crippen LogP contribution < -0.4 is 5.36 Å². The number of benzene rings is 3. The van der Waals surface area contributed by atoms with Crippen LogP contribution in [0.2, 0.25) is 0 Å². The third-order valence-corrected chi connectivity index (χ3v) is 5.09. The Hall–Kier alpha value is -2.52. The summed E-state index contributed by atoms with van der Waals surface area (Å²) in [7, 11) is 0. The number of nitrogens with one attached hydrogen (secondary N) is 1. The standard InChI is InChI=1S/C20H16N2S/c1-13-7-8-17-19(9-13)23-20-12-16(21)15(11-18(20)22-17)10-14-5-3-2-4-6-14/h2-9,11-12,21H,10H2,1H3. The summed E-state index contributed by atoms with van der Waals surface area (Å²) in [5.74, 6) is 0. The average Bonchev–Trinajstić information content (AvgIpc) is 2.55. The highest BCUT2D eigenvalue weighted by Gasteiger charge is 2.10. The topological polar surface area (TPSA) is 36.7 Å². The van der Waals surface area contributed by atoms with Crippen LogP contribution in [0.15, 0.2) is 60.7 Å². The highest BCUT2D eigenvalue weighted by atomic mass is 32.1. The molecule has 0 radical (unpaired) electrons. The number of aryl methyl sites for hydroxylation is 1. The van der Waals surface area contributed by atoms with Crippen LogP contribution >= 0.6 is 11.3 Å². The van der Waals surface area contributed by atoms with Crippen molar-refractivity contribution in [3.63, 3.8) is 0 Å². The number of nitrogens with zero attached hydrogens (tertiary/aromatic N) is 1. The largest absolute Gasteiger partial charge is 0.301 e. The zero-order valence-electron chi connectivity index (χ0n) is 12.8. The van der Waals surface area contributed by atoms with Crippen molar-refractivity contribution in [1.29, 1.82) is 5.41 Å². The lowest BCUT2D eigenvalue weighted by atomic mass is 10.0. The van der Waals surface area contributed by atoms with Gasteiger partial charge >= 0.3 is 0 Å². The van der Waals surface area contributed by atoms with E-state index in [2.05, 4.69) is 43.3 Å². The first-order chi connectivity index (χ1) is 11.2. The van der Waals surface area contributed by atoms with Gasteiger partial charge in [-0.15, -0.1) is 11.3 Å². The second-order valence-corrected chi connectivity index (χ2v) is 6.91. The van der Waals surface area contributed by atoms with Crippen LogP contribution in [0, 0.1) is 12.3 Å². The fraction of sp³-hybridized carbons (Fsp3) is 0.100. The van der Waals surface area contributed by atoms with Crippen molar-refractivity contribution in [1.82, 2.24) is 4.98 Å². The van der Waals surface area contributed by atoms with Gasteiger partial charge in [0.15, 0.2) is 0 Å². The summed E-state index contributed by atoms with van der Waals surface area (Å²) in [4.78, 5) is 5.86. The van der Waals surface area contributed by atoms with Crippen LogP contribution in [0.3, 0.4) is 0 Å². The van der Waals surface area contributed by atoms with E-state index in [0.717, 1.165) is 28.1 Å². The van der Waals surface area contributed by atoms with Gasteiger partial charge in [0, 0.05) is 0 Å². The highest BCUT2D eigenvalue weighted by Crippen LogP contribution is 2.30. The zero-order chi connectivity index (χ0) is 15.8. The van der Waals surface area contributed by atoms with E-state index in [1.54, 1.807) is 11.3 Å². The molecule has 0 saturated carbocycles. The molecule has 2 aromatic rings. The second kappa shape index (κ2) is 5.60. The van der Waals surface area contributed by atoms with E-state index in [9.17, 15) is 0 Å². The Kier molecular flexibility index (Phi) is 3.43. The number of aromatic nitrogens is 1. The van der Waals surface area contributed by atoms with Gasteiger partial charge in [-0.3, -0.25) is 0 Å². The van der Waals surface area contributed by atoms with Gasteiger partial charge in [-0.05, 0) is 54.3 Å². The van der Waals surface area contributed by atoms with Crippen molar-refractivity contribution < 1.29 is 0 Å². The molecule has 1 aliphatic heterocycles. The molecule has 0 aromatic heterocycles. The Bertz CT molecular complexity index is 1020. The van der Waals surface area contributed by atoms with E-state index in [4.69, 9.17) is 10.4 Å². The summed E-state index contributed by atoms with van der Waals surface area (Å²) in [6, 6.07) is 20.6. The summed E-state index contributed by atoms with van der Waals surface area (Å²) in [6.45, 7) is 2.09. The Labute approximate surface area is 138 Å². The zero-order valence-corrected chi connectivity index (χ0v) is 13.7. The average molecular weight is 316 g/mol. The van der Waals surface area contributed by atoms with Crippen LogP contribution in [-0.2, 0) is 6.42 Å². The maximum absolute atomic E-state index is 8.33. The van der Waals surface area contributed by atoms with E-state index in [0.29, 0.717) is 5.36 Å². The van der Waals surface area contributed by atoms with Gasteiger partial charge in [-0.2, -0.15) is 0 Å². The van der Waals surface area contributed by atoms with Crippen LogP contribution in [0.25, 0.3) is 20.8 Å². The lowest BCUT2D eigenvalue weighted by Gasteiger charge is -2.10. The van der Waals surface area contributed by atoms with Crippen LogP contribution in [-0.4, -0.2) is 4.98 Å². The second-order valence-electron chi connectivity index (χ2n) is 5.82. The molecular formula is C20H16N2S. The van der Waals surface area contributed by atoms with Crippen molar-refractivity contribution in [3.05, 3.63) is 82.7 Å². The van der Waals surface area contributed by atoms with Gasteiger partial charge in [0.25, 0.3) is 0 Å². The number of fused-ring (bicyclic) bond motifs is 2. The van der Waals surface area contributed by atoms with Gasteiger partial charge in [0.05, 0.1) is 26.1 Å². The molecule has 1 aliphatic carbocycles. The monoisotopic (exact) mass is 316 g/mol. The molecule has 1 heterocycles. The first kappa shape index (κ1) is 14.1. The Morgan fingerprint density at radius 1 is 1.00 bits per heavy atom. The third-order valence-electron chi connectivity index (χ3n) is 4.00. The van der Waals surface area contributed by atoms with E-state index >= 15 is 0 Å². The molecule has 0 atom stereocenters. The maximum atomic E-state index is 8.33. The summed E-state index contributed by atoms with van der Waals surface area (Å²) in [5.41, 5.74) is 5.49. The molecule has 0 unspecified atom stereocenters. The molecule has 23 heavy (non-hydrogen) atoms. The minimum Gasteiger partial charge on any atom is -0.301 e. The molecule has 0 amide bonds. The van der Waals surface area contributed by atoms with E-state index in [1.807, 2.05) is 24.3 Å². The first-order valence-electron chi connectivity index (χ1n) is 7.62. The van der Waals surface area contributed by atoms with Gasteiger partial charge in [0.1, 0.15) is 0 Å². The Morgan fingerprint density at radius 3 is 2.65 bits per heavy atom. The van der Waals surface area contributed by atoms with Crippen LogP contribution in [0.1, 0.15) is 16.7 Å². The summed E-state index contributed by atoms with van der Waals surface area (Å²) in [5, 5.41) is 8.92. The molecule has 2 nitrogen and oxygen atoms in total. The van der Waals surface area contributed by atoms with Crippen LogP contribution in [0.4, 0.5) is 0 Å². The number of hydrogen-bond acceptors (Lipinski definition) is 3. The van der Waals surface area contributed by atoms with E-state index < -0.39 is 0 Å². The molecule has 4 rings (SSSR count). The van der Waals surface area contributed by atoms with Gasteiger partial charge < -0.3 is 5.41 Å². The Balaban J connectivity index is 1.86. The van der Waals surface area contributed by atoms with Crippen molar-refractivity contribution in [2.75, 3.05) is 0 Å². The quantitative estimate of drug-likeness (QED) is 0.531. The predicted octanol–water partition coefficient (Wildman–Crippen LogP) is 4.78. The van der Waals surface area contributed by atoms with E-state index in [1.165, 1.54) is 15.8 Å². The summed E-state index contributed by atoms with van der Waals surface area (Å²) < 4.78 is 1.17. The van der Waals surface area contributed by atoms with Gasteiger partial charge in [-0.1, -0.05) is 36.4 Å². The fourth-order valence-corrected chi connectivity index (χ4v) is 3.87. The first-order valence-corrected chi connectivity index (χ1v) is 8.43. The molecule has 0 spiro atoms. The smallest absolute Gasteiger partial charge is 0.0814 e. The molecule has 3 heteroatoms. The van der Waals surface area contributed by atoms with Gasteiger partial charge in [0.2, 0.25) is 0 Å². The normalized spacial score (nSPS) is 11.2. The highest BCUT2D eigenvalue weighted by molar-refractivity contribution is 7.21. The van der Waals surface area contributed by atoms with Crippen molar-refractivity contribution in [2.24, 2.45) is 0 Å². The minimum absolute atomic E-state index is 0.589. The molecule has 0 fully saturated rings. The van der Waals surface area contributed by atoms with E-state index in [-0.39, 0.29) is 0 Å². The number of rotatable bonds is 2. The third kappa shape index (κ3) is 2.76. The molecule has 2 aromatic carbocycles. The van der Waals surface area contributed by atoms with Crippen molar-refractivity contribution in [2.45, 2.75) is 13.3 Å². The summed E-state index contributed by atoms with van der Waals surface area (Å²) >= 11 is 1.71. The SMILES string of the molecule is Cc1ccc2nc3cc(Cc4ccccc4)c(=N)cc-3sc2c1. The van der Waals surface area contributed by atoms with Gasteiger partial charge in [-0.25, -0.2) is 4.98 Å². The maximum Gasteiger partial charge on any atom is 0.0814 e. The molecule has 2 aliphatic rings. The molecule has 112 valence electrons.